The number of halogens is 2. The van der Waals surface area contributed by atoms with Gasteiger partial charge in [-0.05, 0) is 23.8 Å². The Morgan fingerprint density at radius 1 is 1.17 bits per heavy atom. The summed E-state index contributed by atoms with van der Waals surface area (Å²) in [6.07, 6.45) is 1.54. The normalized spacial score (nSPS) is 10.4. The monoisotopic (exact) mass is 362 g/mol. The van der Waals surface area contributed by atoms with Crippen molar-refractivity contribution in [1.29, 1.82) is 0 Å². The maximum Gasteiger partial charge on any atom is 0.264 e. The number of anilines is 1. The molecule has 122 valence electrons. The molecule has 0 bridgehead atoms. The predicted octanol–water partition coefficient (Wildman–Crippen LogP) is 4.67. The SMILES string of the molecule is O=C(COc1ccc(Cl)cc1Cl)Nc1oncc1-c1ccccc1. The lowest BCUT2D eigenvalue weighted by molar-refractivity contribution is -0.118. The molecule has 1 amide bonds. The third-order valence-corrected chi connectivity index (χ3v) is 3.69. The summed E-state index contributed by atoms with van der Waals surface area (Å²) in [5.41, 5.74) is 1.57. The minimum Gasteiger partial charge on any atom is -0.482 e. The number of amides is 1. The summed E-state index contributed by atoms with van der Waals surface area (Å²) in [7, 11) is 0. The number of ether oxygens (including phenoxy) is 1. The van der Waals surface area contributed by atoms with Gasteiger partial charge in [0.25, 0.3) is 5.91 Å². The fourth-order valence-electron chi connectivity index (χ4n) is 2.05. The third-order valence-electron chi connectivity index (χ3n) is 3.16. The lowest BCUT2D eigenvalue weighted by Crippen LogP contribution is -2.20. The fourth-order valence-corrected chi connectivity index (χ4v) is 2.51. The van der Waals surface area contributed by atoms with Crippen LogP contribution in [0.25, 0.3) is 11.1 Å². The van der Waals surface area contributed by atoms with E-state index in [1.54, 1.807) is 24.4 Å². The van der Waals surface area contributed by atoms with Crippen molar-refractivity contribution >= 4 is 35.0 Å². The van der Waals surface area contributed by atoms with Gasteiger partial charge in [0.1, 0.15) is 5.75 Å². The van der Waals surface area contributed by atoms with Crippen LogP contribution in [0.15, 0.2) is 59.3 Å². The van der Waals surface area contributed by atoms with Crippen LogP contribution in [0.4, 0.5) is 5.88 Å². The molecule has 24 heavy (non-hydrogen) atoms. The average molecular weight is 363 g/mol. The van der Waals surface area contributed by atoms with E-state index in [9.17, 15) is 4.79 Å². The Morgan fingerprint density at radius 2 is 1.96 bits per heavy atom. The van der Waals surface area contributed by atoms with E-state index >= 15 is 0 Å². The molecule has 0 unspecified atom stereocenters. The number of rotatable bonds is 5. The van der Waals surface area contributed by atoms with E-state index < -0.39 is 5.91 Å². The Balaban J connectivity index is 1.65. The smallest absolute Gasteiger partial charge is 0.264 e. The molecule has 0 saturated heterocycles. The summed E-state index contributed by atoms with van der Waals surface area (Å²) < 4.78 is 10.5. The van der Waals surface area contributed by atoms with Crippen LogP contribution in [0.3, 0.4) is 0 Å². The summed E-state index contributed by atoms with van der Waals surface area (Å²) in [6.45, 7) is -0.226. The van der Waals surface area contributed by atoms with Gasteiger partial charge in [0.2, 0.25) is 5.88 Å². The Morgan fingerprint density at radius 3 is 2.71 bits per heavy atom. The van der Waals surface area contributed by atoms with Gasteiger partial charge in [-0.1, -0.05) is 58.7 Å². The number of hydrogen-bond donors (Lipinski definition) is 1. The summed E-state index contributed by atoms with van der Waals surface area (Å²) in [4.78, 5) is 12.1. The Labute approximate surface area is 148 Å². The maximum atomic E-state index is 12.1. The van der Waals surface area contributed by atoms with Crippen LogP contribution in [-0.4, -0.2) is 17.7 Å². The van der Waals surface area contributed by atoms with E-state index in [1.165, 1.54) is 0 Å². The van der Waals surface area contributed by atoms with Gasteiger partial charge in [-0.15, -0.1) is 0 Å². The molecule has 3 aromatic rings. The first kappa shape index (κ1) is 16.4. The summed E-state index contributed by atoms with van der Waals surface area (Å²) >= 11 is 11.8. The zero-order valence-corrected chi connectivity index (χ0v) is 13.8. The number of nitrogens with one attached hydrogen (secondary N) is 1. The number of nitrogens with zero attached hydrogens (tertiary/aromatic N) is 1. The van der Waals surface area contributed by atoms with Gasteiger partial charge in [0.15, 0.2) is 6.61 Å². The zero-order chi connectivity index (χ0) is 16.9. The van der Waals surface area contributed by atoms with Crippen LogP contribution in [0.1, 0.15) is 0 Å². The molecule has 0 aliphatic rings. The summed E-state index contributed by atoms with van der Waals surface area (Å²) in [5.74, 6) is 0.240. The molecule has 7 heteroatoms. The van der Waals surface area contributed by atoms with Crippen molar-refractivity contribution in [2.24, 2.45) is 0 Å². The second kappa shape index (κ2) is 7.38. The molecule has 0 aliphatic carbocycles. The highest BCUT2D eigenvalue weighted by atomic mass is 35.5. The molecular formula is C17H12Cl2N2O3. The second-order valence-electron chi connectivity index (χ2n) is 4.85. The van der Waals surface area contributed by atoms with Gasteiger partial charge in [-0.3, -0.25) is 10.1 Å². The van der Waals surface area contributed by atoms with Crippen LogP contribution in [0, 0.1) is 0 Å². The maximum absolute atomic E-state index is 12.1. The van der Waals surface area contributed by atoms with Crippen LogP contribution in [0.2, 0.25) is 10.0 Å². The number of aromatic nitrogens is 1. The minimum atomic E-state index is -0.394. The fraction of sp³-hybridized carbons (Fsp3) is 0.0588. The highest BCUT2D eigenvalue weighted by Gasteiger charge is 2.14. The second-order valence-corrected chi connectivity index (χ2v) is 5.69. The first-order valence-corrected chi connectivity index (χ1v) is 7.77. The van der Waals surface area contributed by atoms with Gasteiger partial charge in [0.05, 0.1) is 16.8 Å². The molecule has 0 aliphatic heterocycles. The highest BCUT2D eigenvalue weighted by molar-refractivity contribution is 6.35. The Kier molecular flexibility index (Phi) is 5.03. The molecule has 0 spiro atoms. The number of hydrogen-bond acceptors (Lipinski definition) is 4. The van der Waals surface area contributed by atoms with Gasteiger partial charge in [-0.25, -0.2) is 0 Å². The Hall–Kier alpha value is -2.50. The minimum absolute atomic E-state index is 0.226. The quantitative estimate of drug-likeness (QED) is 0.716. The summed E-state index contributed by atoms with van der Waals surface area (Å²) in [6, 6.07) is 14.2. The third kappa shape index (κ3) is 3.88. The van der Waals surface area contributed by atoms with Crippen molar-refractivity contribution in [2.45, 2.75) is 0 Å². The zero-order valence-electron chi connectivity index (χ0n) is 12.3. The van der Waals surface area contributed by atoms with Gasteiger partial charge in [0, 0.05) is 5.02 Å². The molecule has 1 N–H and O–H groups in total. The Bertz CT molecular complexity index is 850. The largest absolute Gasteiger partial charge is 0.482 e. The van der Waals surface area contributed by atoms with Crippen LogP contribution in [0.5, 0.6) is 5.75 Å². The first-order chi connectivity index (χ1) is 11.6. The van der Waals surface area contributed by atoms with Crippen molar-refractivity contribution in [3.8, 4) is 16.9 Å². The highest BCUT2D eigenvalue weighted by Crippen LogP contribution is 2.29. The number of benzene rings is 2. The summed E-state index contributed by atoms with van der Waals surface area (Å²) in [5, 5.41) is 7.18. The molecule has 1 heterocycles. The number of carbonyl (C=O) groups excluding carboxylic acids is 1. The van der Waals surface area contributed by atoms with Crippen LogP contribution < -0.4 is 10.1 Å². The molecular weight excluding hydrogens is 351 g/mol. The van der Waals surface area contributed by atoms with Crippen molar-refractivity contribution in [1.82, 2.24) is 5.16 Å². The molecule has 1 aromatic heterocycles. The van der Waals surface area contributed by atoms with Gasteiger partial charge >= 0.3 is 0 Å². The average Bonchev–Trinajstić information content (AvgIpc) is 3.03. The van der Waals surface area contributed by atoms with E-state index in [-0.39, 0.29) is 12.5 Å². The van der Waals surface area contributed by atoms with E-state index in [0.717, 1.165) is 5.56 Å². The topological polar surface area (TPSA) is 64.4 Å². The molecule has 0 fully saturated rings. The lowest BCUT2D eigenvalue weighted by Gasteiger charge is -2.08. The molecule has 5 nitrogen and oxygen atoms in total. The van der Waals surface area contributed by atoms with Crippen LogP contribution in [-0.2, 0) is 4.79 Å². The van der Waals surface area contributed by atoms with Crippen LogP contribution >= 0.6 is 23.2 Å². The first-order valence-electron chi connectivity index (χ1n) is 7.01. The van der Waals surface area contributed by atoms with Crippen molar-refractivity contribution < 1.29 is 14.1 Å². The lowest BCUT2D eigenvalue weighted by atomic mass is 10.1. The molecule has 0 saturated carbocycles. The number of carbonyl (C=O) groups is 1. The van der Waals surface area contributed by atoms with E-state index in [2.05, 4.69) is 10.5 Å². The van der Waals surface area contributed by atoms with Crippen molar-refractivity contribution in [2.75, 3.05) is 11.9 Å². The van der Waals surface area contributed by atoms with Crippen molar-refractivity contribution in [3.05, 3.63) is 64.8 Å². The van der Waals surface area contributed by atoms with Gasteiger partial charge < -0.3 is 9.26 Å². The molecule has 2 aromatic carbocycles. The van der Waals surface area contributed by atoms with Gasteiger partial charge in [-0.2, -0.15) is 0 Å². The molecule has 3 rings (SSSR count). The standard InChI is InChI=1S/C17H12Cl2N2O3/c18-12-6-7-15(14(19)8-12)23-10-16(22)21-17-13(9-20-24-17)11-4-2-1-3-5-11/h1-9H,10H2,(H,21,22). The van der Waals surface area contributed by atoms with E-state index in [1.807, 2.05) is 30.3 Å². The van der Waals surface area contributed by atoms with Crippen molar-refractivity contribution in [3.63, 3.8) is 0 Å². The molecule has 0 atom stereocenters. The van der Waals surface area contributed by atoms with E-state index in [0.29, 0.717) is 21.4 Å². The molecule has 0 radical (unpaired) electrons. The predicted molar refractivity (Wildman–Crippen MR) is 92.5 cm³/mol. The van der Waals surface area contributed by atoms with E-state index in [4.69, 9.17) is 32.5 Å².